The number of nitro groups is 1. The number of nitrogens with one attached hydrogen (secondary N) is 3. The molecule has 0 saturated heterocycles. The second-order valence-corrected chi connectivity index (χ2v) is 8.44. The summed E-state index contributed by atoms with van der Waals surface area (Å²) in [5.41, 5.74) is 1.71. The van der Waals surface area contributed by atoms with Crippen LogP contribution in [0.4, 0.5) is 22.7 Å². The van der Waals surface area contributed by atoms with Crippen LogP contribution in [0.5, 0.6) is 0 Å². The van der Waals surface area contributed by atoms with Gasteiger partial charge in [0.2, 0.25) is 10.0 Å². The van der Waals surface area contributed by atoms with Crippen molar-refractivity contribution in [3.8, 4) is 0 Å². The van der Waals surface area contributed by atoms with E-state index in [-0.39, 0.29) is 23.5 Å². The number of para-hydroxylation sites is 2. The molecule has 3 N–H and O–H groups in total. The van der Waals surface area contributed by atoms with Gasteiger partial charge in [0.05, 0.1) is 16.9 Å². The van der Waals surface area contributed by atoms with E-state index in [0.29, 0.717) is 16.9 Å². The molecule has 9 nitrogen and oxygen atoms in total. The largest absolute Gasteiger partial charge is 0.350 e. The fraction of sp³-hybridized carbons (Fsp3) is 0.0952. The summed E-state index contributed by atoms with van der Waals surface area (Å²) in [5, 5.41) is 17.1. The number of benzene rings is 3. The summed E-state index contributed by atoms with van der Waals surface area (Å²) >= 11 is 0. The van der Waals surface area contributed by atoms with Gasteiger partial charge in [-0.2, -0.15) is 0 Å². The van der Waals surface area contributed by atoms with Crippen molar-refractivity contribution in [3.05, 3.63) is 94.0 Å². The van der Waals surface area contributed by atoms with Gasteiger partial charge in [0.15, 0.2) is 0 Å². The van der Waals surface area contributed by atoms with Crippen LogP contribution in [0.1, 0.15) is 15.9 Å². The highest BCUT2D eigenvalue weighted by Gasteiger charge is 2.18. The highest BCUT2D eigenvalue weighted by Crippen LogP contribution is 2.28. The molecule has 0 bridgehead atoms. The Kier molecular flexibility index (Phi) is 6.51. The third-order valence-corrected chi connectivity index (χ3v) is 4.85. The SMILES string of the molecule is CS(=O)(=O)Nc1ccccc1CNC(=O)c1ccc(Nc2ccccc2)c([N+](=O)[O-])c1. The zero-order chi connectivity index (χ0) is 22.4. The lowest BCUT2D eigenvalue weighted by molar-refractivity contribution is -0.383. The van der Waals surface area contributed by atoms with Crippen LogP contribution in [0.25, 0.3) is 0 Å². The zero-order valence-corrected chi connectivity index (χ0v) is 17.3. The van der Waals surface area contributed by atoms with Gasteiger partial charge in [-0.1, -0.05) is 36.4 Å². The average molecular weight is 440 g/mol. The van der Waals surface area contributed by atoms with Crippen LogP contribution in [-0.4, -0.2) is 25.5 Å². The van der Waals surface area contributed by atoms with Gasteiger partial charge in [-0.25, -0.2) is 8.42 Å². The Balaban J connectivity index is 1.77. The van der Waals surface area contributed by atoms with E-state index in [1.807, 2.05) is 6.07 Å². The molecule has 31 heavy (non-hydrogen) atoms. The number of carbonyl (C=O) groups is 1. The van der Waals surface area contributed by atoms with Crippen molar-refractivity contribution < 1.29 is 18.1 Å². The summed E-state index contributed by atoms with van der Waals surface area (Å²) in [6.07, 6.45) is 1.03. The van der Waals surface area contributed by atoms with E-state index in [1.54, 1.807) is 48.5 Å². The van der Waals surface area contributed by atoms with Crippen molar-refractivity contribution in [1.29, 1.82) is 0 Å². The summed E-state index contributed by atoms with van der Waals surface area (Å²) in [6.45, 7) is 0.0370. The van der Waals surface area contributed by atoms with Crippen LogP contribution in [0.15, 0.2) is 72.8 Å². The number of sulfonamides is 1. The van der Waals surface area contributed by atoms with Crippen LogP contribution in [-0.2, 0) is 16.6 Å². The molecule has 0 aliphatic rings. The maximum absolute atomic E-state index is 12.6. The first-order valence-electron chi connectivity index (χ1n) is 9.17. The summed E-state index contributed by atoms with van der Waals surface area (Å²) in [7, 11) is -3.48. The van der Waals surface area contributed by atoms with E-state index in [1.165, 1.54) is 18.2 Å². The van der Waals surface area contributed by atoms with Gasteiger partial charge in [0.1, 0.15) is 5.69 Å². The molecule has 0 saturated carbocycles. The smallest absolute Gasteiger partial charge is 0.293 e. The molecule has 0 aliphatic heterocycles. The number of anilines is 3. The normalized spacial score (nSPS) is 10.9. The molecule has 0 aliphatic carbocycles. The number of nitrogens with zero attached hydrogens (tertiary/aromatic N) is 1. The third kappa shape index (κ3) is 6.03. The molecule has 3 aromatic rings. The highest BCUT2D eigenvalue weighted by atomic mass is 32.2. The molecule has 1 amide bonds. The molecular formula is C21H20N4O5S. The Morgan fingerprint density at radius 1 is 0.968 bits per heavy atom. The second kappa shape index (κ2) is 9.26. The predicted molar refractivity (Wildman–Crippen MR) is 119 cm³/mol. The van der Waals surface area contributed by atoms with Crippen LogP contribution < -0.4 is 15.4 Å². The minimum Gasteiger partial charge on any atom is -0.350 e. The van der Waals surface area contributed by atoms with E-state index >= 15 is 0 Å². The van der Waals surface area contributed by atoms with Crippen molar-refractivity contribution in [2.45, 2.75) is 6.54 Å². The summed E-state index contributed by atoms with van der Waals surface area (Å²) in [5.74, 6) is -0.525. The summed E-state index contributed by atoms with van der Waals surface area (Å²) in [4.78, 5) is 23.5. The van der Waals surface area contributed by atoms with Gasteiger partial charge in [-0.05, 0) is 35.9 Å². The van der Waals surface area contributed by atoms with Gasteiger partial charge in [0.25, 0.3) is 11.6 Å². The van der Waals surface area contributed by atoms with Gasteiger partial charge in [-0.15, -0.1) is 0 Å². The quantitative estimate of drug-likeness (QED) is 0.362. The minimum atomic E-state index is -3.48. The van der Waals surface area contributed by atoms with Crippen LogP contribution in [0.3, 0.4) is 0 Å². The summed E-state index contributed by atoms with van der Waals surface area (Å²) < 4.78 is 25.4. The third-order valence-electron chi connectivity index (χ3n) is 4.26. The van der Waals surface area contributed by atoms with Crippen LogP contribution >= 0.6 is 0 Å². The van der Waals surface area contributed by atoms with Gasteiger partial charge >= 0.3 is 0 Å². The van der Waals surface area contributed by atoms with E-state index < -0.39 is 20.9 Å². The lowest BCUT2D eigenvalue weighted by atomic mass is 10.1. The number of rotatable bonds is 8. The van der Waals surface area contributed by atoms with Crippen molar-refractivity contribution >= 4 is 38.7 Å². The molecule has 3 aromatic carbocycles. The van der Waals surface area contributed by atoms with Gasteiger partial charge < -0.3 is 10.6 Å². The molecule has 0 atom stereocenters. The van der Waals surface area contributed by atoms with Gasteiger partial charge in [0, 0.05) is 23.9 Å². The lowest BCUT2D eigenvalue weighted by Crippen LogP contribution is -2.24. The average Bonchev–Trinajstić information content (AvgIpc) is 2.72. The maximum atomic E-state index is 12.6. The van der Waals surface area contributed by atoms with E-state index in [4.69, 9.17) is 0 Å². The topological polar surface area (TPSA) is 130 Å². The molecular weight excluding hydrogens is 420 g/mol. The fourth-order valence-electron chi connectivity index (χ4n) is 2.86. The predicted octanol–water partition coefficient (Wildman–Crippen LogP) is 3.64. The fourth-order valence-corrected chi connectivity index (χ4v) is 3.46. The first kappa shape index (κ1) is 21.8. The molecule has 160 valence electrons. The first-order valence-corrected chi connectivity index (χ1v) is 11.1. The Morgan fingerprint density at radius 2 is 1.65 bits per heavy atom. The molecule has 10 heteroatoms. The minimum absolute atomic E-state index is 0.0370. The van der Waals surface area contributed by atoms with Gasteiger partial charge in [-0.3, -0.25) is 19.6 Å². The van der Waals surface area contributed by atoms with Crippen molar-refractivity contribution in [2.24, 2.45) is 0 Å². The second-order valence-electron chi connectivity index (χ2n) is 6.69. The monoisotopic (exact) mass is 440 g/mol. The number of nitro benzene ring substituents is 1. The summed E-state index contributed by atoms with van der Waals surface area (Å²) in [6, 6.07) is 19.7. The Labute approximate surface area is 179 Å². The molecule has 0 radical (unpaired) electrons. The highest BCUT2D eigenvalue weighted by molar-refractivity contribution is 7.92. The molecule has 0 heterocycles. The Morgan fingerprint density at radius 3 is 2.32 bits per heavy atom. The molecule has 3 rings (SSSR count). The first-order chi connectivity index (χ1) is 14.7. The Hall–Kier alpha value is -3.92. The van der Waals surface area contributed by atoms with E-state index in [0.717, 1.165) is 6.26 Å². The van der Waals surface area contributed by atoms with Crippen molar-refractivity contribution in [1.82, 2.24) is 5.32 Å². The van der Waals surface area contributed by atoms with Crippen molar-refractivity contribution in [3.63, 3.8) is 0 Å². The molecule has 0 unspecified atom stereocenters. The van der Waals surface area contributed by atoms with E-state index in [9.17, 15) is 23.3 Å². The van der Waals surface area contributed by atoms with E-state index in [2.05, 4.69) is 15.4 Å². The number of hydrogen-bond acceptors (Lipinski definition) is 6. The van der Waals surface area contributed by atoms with Crippen molar-refractivity contribution in [2.75, 3.05) is 16.3 Å². The number of carbonyl (C=O) groups excluding carboxylic acids is 1. The lowest BCUT2D eigenvalue weighted by Gasteiger charge is -2.12. The molecule has 0 aromatic heterocycles. The standard InChI is InChI=1S/C21H20N4O5S/c1-31(29,30)24-18-10-6-5-7-16(18)14-22-21(26)15-11-12-19(20(13-15)25(27)28)23-17-8-3-2-4-9-17/h2-13,23-24H,14H2,1H3,(H,22,26). The zero-order valence-electron chi connectivity index (χ0n) is 16.5. The molecule has 0 spiro atoms. The van der Waals surface area contributed by atoms with Crippen LogP contribution in [0.2, 0.25) is 0 Å². The molecule has 0 fully saturated rings. The van der Waals surface area contributed by atoms with Crippen LogP contribution in [0, 0.1) is 10.1 Å². The number of hydrogen-bond donors (Lipinski definition) is 3. The maximum Gasteiger partial charge on any atom is 0.293 e. The number of amides is 1. The Bertz CT molecular complexity index is 1210.